The van der Waals surface area contributed by atoms with Gasteiger partial charge in [0.15, 0.2) is 0 Å². The average Bonchev–Trinajstić information content (AvgIpc) is 2.85. The third-order valence-electron chi connectivity index (χ3n) is 3.20. The molecule has 1 N–H and O–H groups in total. The quantitative estimate of drug-likeness (QED) is 0.848. The van der Waals surface area contributed by atoms with Crippen molar-refractivity contribution >= 4 is 23.2 Å². The van der Waals surface area contributed by atoms with Crippen LogP contribution >= 0.6 is 11.6 Å². The van der Waals surface area contributed by atoms with Crippen molar-refractivity contribution in [1.82, 2.24) is 0 Å². The van der Waals surface area contributed by atoms with E-state index < -0.39 is 0 Å². The number of amides is 1. The third-order valence-corrected chi connectivity index (χ3v) is 3.44. The van der Waals surface area contributed by atoms with Gasteiger partial charge in [0.05, 0.1) is 6.10 Å². The standard InChI is InChI=1S/C14H18ClNO2/c1-10-8-12(18-11-4-2-3-5-11)6-7-13(10)16-14(17)9-15/h6-8,11H,2-5,9H2,1H3,(H,16,17). The van der Waals surface area contributed by atoms with Gasteiger partial charge in [-0.25, -0.2) is 0 Å². The summed E-state index contributed by atoms with van der Waals surface area (Å²) in [6.45, 7) is 1.95. The molecule has 1 aliphatic carbocycles. The lowest BCUT2D eigenvalue weighted by Gasteiger charge is -2.15. The Balaban J connectivity index is 2.02. The van der Waals surface area contributed by atoms with Gasteiger partial charge < -0.3 is 10.1 Å². The topological polar surface area (TPSA) is 38.3 Å². The first kappa shape index (κ1) is 13.2. The van der Waals surface area contributed by atoms with Crippen LogP contribution in [-0.2, 0) is 4.79 Å². The van der Waals surface area contributed by atoms with Gasteiger partial charge >= 0.3 is 0 Å². The second kappa shape index (κ2) is 6.10. The fourth-order valence-corrected chi connectivity index (χ4v) is 2.30. The molecule has 18 heavy (non-hydrogen) atoms. The minimum atomic E-state index is -0.191. The number of anilines is 1. The van der Waals surface area contributed by atoms with E-state index in [-0.39, 0.29) is 11.8 Å². The van der Waals surface area contributed by atoms with Crippen molar-refractivity contribution in [2.45, 2.75) is 38.7 Å². The number of ether oxygens (including phenoxy) is 1. The van der Waals surface area contributed by atoms with Crippen LogP contribution in [0.3, 0.4) is 0 Å². The highest BCUT2D eigenvalue weighted by molar-refractivity contribution is 6.29. The zero-order chi connectivity index (χ0) is 13.0. The van der Waals surface area contributed by atoms with E-state index in [1.807, 2.05) is 25.1 Å². The lowest BCUT2D eigenvalue weighted by atomic mass is 10.2. The van der Waals surface area contributed by atoms with Crippen LogP contribution < -0.4 is 10.1 Å². The minimum Gasteiger partial charge on any atom is -0.490 e. The van der Waals surface area contributed by atoms with E-state index in [0.717, 1.165) is 29.8 Å². The highest BCUT2D eigenvalue weighted by Gasteiger charge is 2.16. The summed E-state index contributed by atoms with van der Waals surface area (Å²) >= 11 is 5.46. The Bertz CT molecular complexity index is 428. The number of nitrogens with one attached hydrogen (secondary N) is 1. The number of hydrogen-bond acceptors (Lipinski definition) is 2. The molecule has 4 heteroatoms. The summed E-state index contributed by atoms with van der Waals surface area (Å²) in [5.41, 5.74) is 1.78. The predicted molar refractivity (Wildman–Crippen MR) is 73.4 cm³/mol. The summed E-state index contributed by atoms with van der Waals surface area (Å²) in [5, 5.41) is 2.75. The summed E-state index contributed by atoms with van der Waals surface area (Å²) in [6.07, 6.45) is 5.15. The number of alkyl halides is 1. The Hall–Kier alpha value is -1.22. The molecule has 1 amide bonds. The average molecular weight is 268 g/mol. The van der Waals surface area contributed by atoms with Gasteiger partial charge in [0.2, 0.25) is 5.91 Å². The number of benzene rings is 1. The smallest absolute Gasteiger partial charge is 0.239 e. The van der Waals surface area contributed by atoms with Crippen LogP contribution in [0.1, 0.15) is 31.2 Å². The molecule has 1 aromatic rings. The van der Waals surface area contributed by atoms with Crippen LogP contribution in [0.2, 0.25) is 0 Å². The molecule has 0 saturated heterocycles. The summed E-state index contributed by atoms with van der Waals surface area (Å²) in [4.78, 5) is 11.2. The van der Waals surface area contributed by atoms with Crippen LogP contribution in [0.15, 0.2) is 18.2 Å². The number of halogens is 1. The van der Waals surface area contributed by atoms with E-state index >= 15 is 0 Å². The van der Waals surface area contributed by atoms with E-state index in [2.05, 4.69) is 5.32 Å². The van der Waals surface area contributed by atoms with Gasteiger partial charge in [-0.3, -0.25) is 4.79 Å². The number of carbonyl (C=O) groups excluding carboxylic acids is 1. The molecule has 1 fully saturated rings. The first-order valence-corrected chi connectivity index (χ1v) is 6.85. The Morgan fingerprint density at radius 2 is 2.17 bits per heavy atom. The Labute approximate surface area is 112 Å². The first-order valence-electron chi connectivity index (χ1n) is 6.32. The molecule has 1 aliphatic rings. The Morgan fingerprint density at radius 1 is 1.44 bits per heavy atom. The maximum absolute atomic E-state index is 11.2. The molecular formula is C14H18ClNO2. The van der Waals surface area contributed by atoms with Crippen molar-refractivity contribution in [3.63, 3.8) is 0 Å². The fraction of sp³-hybridized carbons (Fsp3) is 0.500. The summed E-state index contributed by atoms with van der Waals surface area (Å²) in [5.74, 6) is 0.659. The molecule has 1 aromatic carbocycles. The van der Waals surface area contributed by atoms with Gasteiger partial charge in [0.1, 0.15) is 11.6 Å². The zero-order valence-corrected chi connectivity index (χ0v) is 11.3. The number of rotatable bonds is 4. The molecule has 0 spiro atoms. The molecule has 0 aliphatic heterocycles. The monoisotopic (exact) mass is 267 g/mol. The highest BCUT2D eigenvalue weighted by Crippen LogP contribution is 2.27. The third kappa shape index (κ3) is 3.39. The van der Waals surface area contributed by atoms with Gasteiger partial charge in [0, 0.05) is 5.69 Å². The summed E-state index contributed by atoms with van der Waals surface area (Å²) in [6, 6.07) is 5.72. The summed E-state index contributed by atoms with van der Waals surface area (Å²) < 4.78 is 5.90. The molecule has 2 rings (SSSR count). The van der Waals surface area contributed by atoms with Crippen molar-refractivity contribution in [1.29, 1.82) is 0 Å². The number of aryl methyl sites for hydroxylation is 1. The molecule has 0 bridgehead atoms. The zero-order valence-electron chi connectivity index (χ0n) is 10.5. The molecule has 0 unspecified atom stereocenters. The molecule has 98 valence electrons. The van der Waals surface area contributed by atoms with Crippen molar-refractivity contribution in [2.75, 3.05) is 11.2 Å². The normalized spacial score (nSPS) is 15.7. The summed E-state index contributed by atoms with van der Waals surface area (Å²) in [7, 11) is 0. The molecule has 3 nitrogen and oxygen atoms in total. The van der Waals surface area contributed by atoms with Gasteiger partial charge in [-0.15, -0.1) is 11.6 Å². The largest absolute Gasteiger partial charge is 0.490 e. The predicted octanol–water partition coefficient (Wildman–Crippen LogP) is 3.49. The first-order chi connectivity index (χ1) is 8.69. The number of carbonyl (C=O) groups is 1. The van der Waals surface area contributed by atoms with Crippen molar-refractivity contribution < 1.29 is 9.53 Å². The molecule has 1 saturated carbocycles. The lowest BCUT2D eigenvalue weighted by Crippen LogP contribution is -2.14. The lowest BCUT2D eigenvalue weighted by molar-refractivity contribution is -0.113. The van der Waals surface area contributed by atoms with Gasteiger partial charge in [-0.1, -0.05) is 0 Å². The van der Waals surface area contributed by atoms with Crippen LogP contribution in [0.25, 0.3) is 0 Å². The molecule has 0 heterocycles. The maximum Gasteiger partial charge on any atom is 0.239 e. The van der Waals surface area contributed by atoms with E-state index in [1.54, 1.807) is 0 Å². The SMILES string of the molecule is Cc1cc(OC2CCCC2)ccc1NC(=O)CCl. The minimum absolute atomic E-state index is 0.0280. The highest BCUT2D eigenvalue weighted by atomic mass is 35.5. The van der Waals surface area contributed by atoms with Gasteiger partial charge in [-0.05, 0) is 56.4 Å². The fourth-order valence-electron chi connectivity index (χ4n) is 2.23. The second-order valence-electron chi connectivity index (χ2n) is 4.68. The molecule has 0 atom stereocenters. The van der Waals surface area contributed by atoms with Crippen LogP contribution in [0.5, 0.6) is 5.75 Å². The van der Waals surface area contributed by atoms with Crippen LogP contribution in [-0.4, -0.2) is 17.9 Å². The van der Waals surface area contributed by atoms with Gasteiger partial charge in [-0.2, -0.15) is 0 Å². The van der Waals surface area contributed by atoms with Crippen LogP contribution in [0, 0.1) is 6.92 Å². The maximum atomic E-state index is 11.2. The van der Waals surface area contributed by atoms with E-state index in [4.69, 9.17) is 16.3 Å². The number of hydrogen-bond donors (Lipinski definition) is 1. The molecule has 0 aromatic heterocycles. The van der Waals surface area contributed by atoms with E-state index in [1.165, 1.54) is 12.8 Å². The van der Waals surface area contributed by atoms with Crippen LogP contribution in [0.4, 0.5) is 5.69 Å². The van der Waals surface area contributed by atoms with Crippen molar-refractivity contribution in [3.05, 3.63) is 23.8 Å². The van der Waals surface area contributed by atoms with Crippen molar-refractivity contribution in [3.8, 4) is 5.75 Å². The Morgan fingerprint density at radius 3 is 2.78 bits per heavy atom. The van der Waals surface area contributed by atoms with Gasteiger partial charge in [0.25, 0.3) is 0 Å². The Kier molecular flexibility index (Phi) is 4.48. The van der Waals surface area contributed by atoms with E-state index in [0.29, 0.717) is 6.10 Å². The molecular weight excluding hydrogens is 250 g/mol. The van der Waals surface area contributed by atoms with E-state index in [9.17, 15) is 4.79 Å². The second-order valence-corrected chi connectivity index (χ2v) is 4.95. The molecule has 0 radical (unpaired) electrons. The van der Waals surface area contributed by atoms with Crippen molar-refractivity contribution in [2.24, 2.45) is 0 Å².